The van der Waals surface area contributed by atoms with Gasteiger partial charge in [0.05, 0.1) is 6.10 Å². The molecular weight excluding hydrogens is 434 g/mol. The van der Waals surface area contributed by atoms with E-state index in [-0.39, 0.29) is 11.5 Å². The summed E-state index contributed by atoms with van der Waals surface area (Å²) in [5, 5.41) is 0. The van der Waals surface area contributed by atoms with Crippen molar-refractivity contribution in [2.75, 3.05) is 14.1 Å². The van der Waals surface area contributed by atoms with Gasteiger partial charge < -0.3 is 4.74 Å². The van der Waals surface area contributed by atoms with Crippen molar-refractivity contribution in [3.05, 3.63) is 65.2 Å². The van der Waals surface area contributed by atoms with Crippen LogP contribution < -0.4 is 4.74 Å². The van der Waals surface area contributed by atoms with E-state index in [1.165, 1.54) is 35.1 Å². The molecule has 5 rings (SSSR count). The zero-order valence-corrected chi connectivity index (χ0v) is 20.7. The maximum Gasteiger partial charge on any atom is 0.338 e. The van der Waals surface area contributed by atoms with E-state index in [9.17, 15) is 8.42 Å². The fourth-order valence-electron chi connectivity index (χ4n) is 6.73. The Morgan fingerprint density at radius 1 is 1.03 bits per heavy atom. The maximum absolute atomic E-state index is 12.4. The number of rotatable bonds is 6. The van der Waals surface area contributed by atoms with Gasteiger partial charge in [-0.25, -0.2) is 0 Å². The van der Waals surface area contributed by atoms with Crippen LogP contribution in [0.1, 0.15) is 61.6 Å². The standard InChI is InChI=1S/C27H35NO4S/c1-27-16-15-23-22-12-10-21(31-18-19-7-5-4-6-8-19)17-20(22)9-11-24(23)25(27)13-14-26(27)32-33(29,30)28(2)3/h4-8,10,12,17,23-26H,9,11,13-16,18H2,1-3H3/t23-,24-,25+,26+,27+/m1/s1. The Morgan fingerprint density at radius 2 is 1.82 bits per heavy atom. The van der Waals surface area contributed by atoms with E-state index in [1.54, 1.807) is 0 Å². The average molecular weight is 470 g/mol. The number of benzene rings is 2. The second kappa shape index (κ2) is 8.71. The predicted octanol–water partition coefficient (Wildman–Crippen LogP) is 5.31. The van der Waals surface area contributed by atoms with E-state index in [0.717, 1.165) is 44.3 Å². The van der Waals surface area contributed by atoms with Gasteiger partial charge in [0.1, 0.15) is 12.4 Å². The smallest absolute Gasteiger partial charge is 0.338 e. The minimum atomic E-state index is -3.66. The van der Waals surface area contributed by atoms with Crippen LogP contribution in [0, 0.1) is 17.3 Å². The molecule has 2 fully saturated rings. The summed E-state index contributed by atoms with van der Waals surface area (Å²) in [4.78, 5) is 0. The molecule has 0 amide bonds. The number of hydrogen-bond acceptors (Lipinski definition) is 4. The largest absolute Gasteiger partial charge is 0.489 e. The van der Waals surface area contributed by atoms with Gasteiger partial charge in [-0.1, -0.05) is 43.3 Å². The normalized spacial score (nSPS) is 31.0. The lowest BCUT2D eigenvalue weighted by Crippen LogP contribution is -2.46. The maximum atomic E-state index is 12.4. The first-order valence-corrected chi connectivity index (χ1v) is 13.5. The molecule has 0 radical (unpaired) electrons. The van der Waals surface area contributed by atoms with E-state index in [1.807, 2.05) is 18.2 Å². The molecule has 3 aliphatic rings. The van der Waals surface area contributed by atoms with Gasteiger partial charge in [0, 0.05) is 14.1 Å². The highest BCUT2D eigenvalue weighted by atomic mass is 32.2. The molecule has 5 nitrogen and oxygen atoms in total. The van der Waals surface area contributed by atoms with Crippen molar-refractivity contribution >= 4 is 10.3 Å². The predicted molar refractivity (Wildman–Crippen MR) is 129 cm³/mol. The van der Waals surface area contributed by atoms with Crippen molar-refractivity contribution in [1.29, 1.82) is 0 Å². The molecule has 5 atom stereocenters. The van der Waals surface area contributed by atoms with Gasteiger partial charge in [-0.3, -0.25) is 4.18 Å². The Hall–Kier alpha value is -1.89. The van der Waals surface area contributed by atoms with Gasteiger partial charge in [0.15, 0.2) is 0 Å². The van der Waals surface area contributed by atoms with E-state index >= 15 is 0 Å². The van der Waals surface area contributed by atoms with Crippen molar-refractivity contribution in [3.63, 3.8) is 0 Å². The first-order valence-electron chi connectivity index (χ1n) is 12.2. The Labute approximate surface area is 198 Å². The van der Waals surface area contributed by atoms with Crippen LogP contribution in [0.5, 0.6) is 5.75 Å². The Bertz CT molecular complexity index is 1100. The molecular formula is C27H35NO4S. The first kappa shape index (κ1) is 22.9. The number of ether oxygens (including phenoxy) is 1. The highest BCUT2D eigenvalue weighted by molar-refractivity contribution is 7.84. The van der Waals surface area contributed by atoms with E-state index in [0.29, 0.717) is 24.4 Å². The third-order valence-corrected chi connectivity index (χ3v) is 9.91. The lowest BCUT2D eigenvalue weighted by atomic mass is 9.55. The van der Waals surface area contributed by atoms with E-state index < -0.39 is 10.3 Å². The van der Waals surface area contributed by atoms with Crippen LogP contribution in [-0.2, 0) is 27.5 Å². The molecule has 33 heavy (non-hydrogen) atoms. The van der Waals surface area contributed by atoms with Crippen LogP contribution in [-0.4, -0.2) is 32.9 Å². The fraction of sp³-hybridized carbons (Fsp3) is 0.556. The fourth-order valence-corrected chi connectivity index (χ4v) is 7.51. The third-order valence-electron chi connectivity index (χ3n) is 8.54. The zero-order chi connectivity index (χ0) is 23.2. The molecule has 0 bridgehead atoms. The van der Waals surface area contributed by atoms with Crippen molar-refractivity contribution in [3.8, 4) is 5.75 Å². The number of nitrogens with zero attached hydrogens (tertiary/aromatic N) is 1. The molecule has 0 N–H and O–H groups in total. The highest BCUT2D eigenvalue weighted by Crippen LogP contribution is 2.61. The first-order chi connectivity index (χ1) is 15.8. The van der Waals surface area contributed by atoms with Gasteiger partial charge in [-0.15, -0.1) is 0 Å². The topological polar surface area (TPSA) is 55.8 Å². The van der Waals surface area contributed by atoms with Crippen LogP contribution in [0.25, 0.3) is 0 Å². The summed E-state index contributed by atoms with van der Waals surface area (Å²) in [5.41, 5.74) is 4.01. The quantitative estimate of drug-likeness (QED) is 0.575. The van der Waals surface area contributed by atoms with E-state index in [2.05, 4.69) is 37.3 Å². The third kappa shape index (κ3) is 4.22. The molecule has 2 aromatic carbocycles. The molecule has 2 aromatic rings. The molecule has 2 saturated carbocycles. The molecule has 0 spiro atoms. The van der Waals surface area contributed by atoms with Crippen molar-refractivity contribution in [2.24, 2.45) is 17.3 Å². The minimum Gasteiger partial charge on any atom is -0.489 e. The zero-order valence-electron chi connectivity index (χ0n) is 19.9. The molecule has 6 heteroatoms. The summed E-state index contributed by atoms with van der Waals surface area (Å²) < 4.78 is 37.8. The molecule has 0 unspecified atom stereocenters. The van der Waals surface area contributed by atoms with Gasteiger partial charge in [-0.05, 0) is 90.5 Å². The Balaban J connectivity index is 1.31. The highest BCUT2D eigenvalue weighted by Gasteiger charge is 2.56. The lowest BCUT2D eigenvalue weighted by molar-refractivity contribution is -0.0103. The van der Waals surface area contributed by atoms with Crippen molar-refractivity contribution < 1.29 is 17.3 Å². The second-order valence-corrected chi connectivity index (χ2v) is 12.3. The monoisotopic (exact) mass is 469 g/mol. The summed E-state index contributed by atoms with van der Waals surface area (Å²) >= 11 is 0. The average Bonchev–Trinajstić information content (AvgIpc) is 3.13. The van der Waals surface area contributed by atoms with Gasteiger partial charge >= 0.3 is 10.3 Å². The molecule has 178 valence electrons. The van der Waals surface area contributed by atoms with Crippen LogP contribution in [0.2, 0.25) is 0 Å². The molecule has 3 aliphatic carbocycles. The van der Waals surface area contributed by atoms with E-state index in [4.69, 9.17) is 8.92 Å². The molecule has 0 saturated heterocycles. The number of hydrogen-bond donors (Lipinski definition) is 0. The lowest BCUT2D eigenvalue weighted by Gasteiger charge is -2.50. The summed E-state index contributed by atoms with van der Waals surface area (Å²) in [6, 6.07) is 16.9. The van der Waals surface area contributed by atoms with Crippen LogP contribution >= 0.6 is 0 Å². The van der Waals surface area contributed by atoms with Crippen LogP contribution in [0.15, 0.2) is 48.5 Å². The summed E-state index contributed by atoms with van der Waals surface area (Å²) in [5.74, 6) is 2.61. The second-order valence-electron chi connectivity index (χ2n) is 10.5. The van der Waals surface area contributed by atoms with Crippen LogP contribution in [0.3, 0.4) is 0 Å². The summed E-state index contributed by atoms with van der Waals surface area (Å²) in [6.07, 6.45) is 6.00. The summed E-state index contributed by atoms with van der Waals surface area (Å²) in [7, 11) is -0.582. The van der Waals surface area contributed by atoms with Gasteiger partial charge in [0.25, 0.3) is 0 Å². The SMILES string of the molecule is CN(C)S(=O)(=O)O[C@H]1CC[C@H]2[C@@H]3CCc4cc(OCc5ccccc5)ccc4[C@H]3CC[C@]12C. The number of aryl methyl sites for hydroxylation is 1. The van der Waals surface area contributed by atoms with Crippen molar-refractivity contribution in [1.82, 2.24) is 4.31 Å². The summed E-state index contributed by atoms with van der Waals surface area (Å²) in [6.45, 7) is 2.86. The van der Waals surface area contributed by atoms with Crippen molar-refractivity contribution in [2.45, 2.75) is 64.1 Å². The molecule has 0 aromatic heterocycles. The minimum absolute atomic E-state index is 0.0690. The van der Waals surface area contributed by atoms with Gasteiger partial charge in [0.2, 0.25) is 0 Å². The van der Waals surface area contributed by atoms with Crippen LogP contribution in [0.4, 0.5) is 0 Å². The molecule has 0 aliphatic heterocycles. The van der Waals surface area contributed by atoms with Gasteiger partial charge in [-0.2, -0.15) is 12.7 Å². The molecule has 0 heterocycles. The Morgan fingerprint density at radius 3 is 2.58 bits per heavy atom. The number of fused-ring (bicyclic) bond motifs is 5. The Kier molecular flexibility index (Phi) is 6.04.